The number of nitrogens with one attached hydrogen (secondary N) is 1. The van der Waals surface area contributed by atoms with Crippen LogP contribution in [0.3, 0.4) is 0 Å². The maximum absolute atomic E-state index is 13.1. The quantitative estimate of drug-likeness (QED) is 0.484. The van der Waals surface area contributed by atoms with E-state index in [1.807, 2.05) is 42.8 Å². The molecule has 0 saturated carbocycles. The molecule has 0 aliphatic heterocycles. The standard InChI is InChI=1S/C21H20FN5OS/c1-13-11-27(12-23-13)18-9-6-16(10-19(18)28-3)20-25-26-21(29-20)24-14(2)15-4-7-17(22)8-5-15/h4-12,14H,1-3H3,(H,24,26)/t14-/m0/s1. The minimum absolute atomic E-state index is 0.0159. The van der Waals surface area contributed by atoms with E-state index < -0.39 is 0 Å². The van der Waals surface area contributed by atoms with Gasteiger partial charge in [0.25, 0.3) is 0 Å². The van der Waals surface area contributed by atoms with E-state index in [-0.39, 0.29) is 11.9 Å². The van der Waals surface area contributed by atoms with E-state index in [1.165, 1.54) is 23.5 Å². The summed E-state index contributed by atoms with van der Waals surface area (Å²) in [6, 6.07) is 12.3. The van der Waals surface area contributed by atoms with Crippen molar-refractivity contribution < 1.29 is 9.13 Å². The molecule has 0 saturated heterocycles. The van der Waals surface area contributed by atoms with Crippen molar-refractivity contribution in [2.45, 2.75) is 19.9 Å². The zero-order valence-electron chi connectivity index (χ0n) is 16.3. The van der Waals surface area contributed by atoms with Gasteiger partial charge in [0, 0.05) is 11.8 Å². The van der Waals surface area contributed by atoms with Crippen LogP contribution in [0.5, 0.6) is 5.75 Å². The SMILES string of the molecule is COc1cc(-c2nnc(N[C@@H](C)c3ccc(F)cc3)s2)ccc1-n1cnc(C)c1. The van der Waals surface area contributed by atoms with Crippen LogP contribution in [0.25, 0.3) is 16.3 Å². The fourth-order valence-corrected chi connectivity index (χ4v) is 3.82. The minimum atomic E-state index is -0.248. The normalized spacial score (nSPS) is 12.0. The number of rotatable bonds is 6. The molecule has 2 aromatic carbocycles. The molecule has 0 fully saturated rings. The van der Waals surface area contributed by atoms with Gasteiger partial charge in [-0.25, -0.2) is 9.37 Å². The van der Waals surface area contributed by atoms with Crippen molar-refractivity contribution in [3.63, 3.8) is 0 Å². The second-order valence-electron chi connectivity index (χ2n) is 6.64. The van der Waals surface area contributed by atoms with Gasteiger partial charge in [-0.1, -0.05) is 23.5 Å². The van der Waals surface area contributed by atoms with Crippen molar-refractivity contribution in [3.8, 4) is 22.0 Å². The number of hydrogen-bond donors (Lipinski definition) is 1. The third-order valence-electron chi connectivity index (χ3n) is 4.55. The summed E-state index contributed by atoms with van der Waals surface area (Å²) in [5.41, 5.74) is 3.74. The van der Waals surface area contributed by atoms with Gasteiger partial charge in [-0.2, -0.15) is 0 Å². The zero-order chi connectivity index (χ0) is 20.4. The van der Waals surface area contributed by atoms with Gasteiger partial charge in [0.2, 0.25) is 5.13 Å². The lowest BCUT2D eigenvalue weighted by molar-refractivity contribution is 0.413. The predicted octanol–water partition coefficient (Wildman–Crippen LogP) is 5.02. The monoisotopic (exact) mass is 409 g/mol. The number of imidazole rings is 1. The van der Waals surface area contributed by atoms with E-state index in [2.05, 4.69) is 20.5 Å². The highest BCUT2D eigenvalue weighted by Gasteiger charge is 2.13. The Labute approximate surface area is 172 Å². The van der Waals surface area contributed by atoms with Gasteiger partial charge in [0.1, 0.15) is 16.6 Å². The number of aryl methyl sites for hydroxylation is 1. The Balaban J connectivity index is 1.55. The Hall–Kier alpha value is -3.26. The summed E-state index contributed by atoms with van der Waals surface area (Å²) in [7, 11) is 1.64. The number of benzene rings is 2. The van der Waals surface area contributed by atoms with E-state index in [0.717, 1.165) is 33.3 Å². The molecule has 6 nitrogen and oxygen atoms in total. The number of hydrogen-bond acceptors (Lipinski definition) is 6. The van der Waals surface area contributed by atoms with Crippen LogP contribution in [0.1, 0.15) is 24.2 Å². The second-order valence-corrected chi connectivity index (χ2v) is 7.62. The molecule has 0 amide bonds. The van der Waals surface area contributed by atoms with Crippen LogP contribution in [0, 0.1) is 12.7 Å². The molecule has 4 rings (SSSR count). The molecule has 0 bridgehead atoms. The van der Waals surface area contributed by atoms with Crippen LogP contribution in [0.4, 0.5) is 9.52 Å². The van der Waals surface area contributed by atoms with Gasteiger partial charge in [-0.3, -0.25) is 0 Å². The first-order chi connectivity index (χ1) is 14.0. The highest BCUT2D eigenvalue weighted by atomic mass is 32.1. The first-order valence-electron chi connectivity index (χ1n) is 9.08. The van der Waals surface area contributed by atoms with Crippen molar-refractivity contribution in [1.29, 1.82) is 0 Å². The Kier molecular flexibility index (Phi) is 5.26. The Morgan fingerprint density at radius 3 is 2.62 bits per heavy atom. The van der Waals surface area contributed by atoms with Gasteiger partial charge in [0.05, 0.1) is 30.9 Å². The number of nitrogens with zero attached hydrogens (tertiary/aromatic N) is 4. The second kappa shape index (κ2) is 8.00. The predicted molar refractivity (Wildman–Crippen MR) is 112 cm³/mol. The van der Waals surface area contributed by atoms with Crippen LogP contribution in [0.15, 0.2) is 55.0 Å². The summed E-state index contributed by atoms with van der Waals surface area (Å²) in [6.07, 6.45) is 3.71. The van der Waals surface area contributed by atoms with Crippen LogP contribution in [-0.2, 0) is 0 Å². The van der Waals surface area contributed by atoms with Crippen LogP contribution >= 0.6 is 11.3 Å². The average molecular weight is 409 g/mol. The third-order valence-corrected chi connectivity index (χ3v) is 5.46. The smallest absolute Gasteiger partial charge is 0.206 e. The number of methoxy groups -OCH3 is 1. The van der Waals surface area contributed by atoms with Crippen molar-refractivity contribution >= 4 is 16.5 Å². The fraction of sp³-hybridized carbons (Fsp3) is 0.190. The summed E-state index contributed by atoms with van der Waals surface area (Å²) >= 11 is 1.45. The minimum Gasteiger partial charge on any atom is -0.495 e. The maximum Gasteiger partial charge on any atom is 0.206 e. The molecule has 2 aromatic heterocycles. The topological polar surface area (TPSA) is 64.9 Å². The first-order valence-corrected chi connectivity index (χ1v) is 9.90. The van der Waals surface area contributed by atoms with E-state index in [9.17, 15) is 4.39 Å². The molecule has 8 heteroatoms. The number of aromatic nitrogens is 4. The lowest BCUT2D eigenvalue weighted by Crippen LogP contribution is -2.06. The van der Waals surface area contributed by atoms with Crippen LogP contribution in [0.2, 0.25) is 0 Å². The van der Waals surface area contributed by atoms with E-state index in [0.29, 0.717) is 5.13 Å². The van der Waals surface area contributed by atoms with Gasteiger partial charge in [-0.15, -0.1) is 10.2 Å². The fourth-order valence-electron chi connectivity index (χ4n) is 3.00. The number of ether oxygens (including phenoxy) is 1. The van der Waals surface area contributed by atoms with Crippen LogP contribution in [-0.4, -0.2) is 26.9 Å². The summed E-state index contributed by atoms with van der Waals surface area (Å²) in [4.78, 5) is 4.27. The largest absolute Gasteiger partial charge is 0.495 e. The number of halogens is 1. The molecule has 1 N–H and O–H groups in total. The van der Waals surface area contributed by atoms with Gasteiger partial charge in [-0.05, 0) is 49.7 Å². The first kappa shape index (κ1) is 19.1. The van der Waals surface area contributed by atoms with Gasteiger partial charge >= 0.3 is 0 Å². The molecular formula is C21H20FN5OS. The highest BCUT2D eigenvalue weighted by Crippen LogP contribution is 2.33. The van der Waals surface area contributed by atoms with Crippen molar-refractivity contribution in [3.05, 3.63) is 72.1 Å². The molecule has 1 atom stereocenters. The molecule has 0 radical (unpaired) electrons. The number of anilines is 1. The molecule has 0 unspecified atom stereocenters. The Bertz CT molecular complexity index is 1120. The highest BCUT2D eigenvalue weighted by molar-refractivity contribution is 7.18. The van der Waals surface area contributed by atoms with Crippen molar-refractivity contribution in [1.82, 2.24) is 19.7 Å². The molecule has 2 heterocycles. The molecular weight excluding hydrogens is 389 g/mol. The summed E-state index contributed by atoms with van der Waals surface area (Å²) < 4.78 is 20.6. The van der Waals surface area contributed by atoms with Gasteiger partial charge < -0.3 is 14.6 Å². The van der Waals surface area contributed by atoms with E-state index in [4.69, 9.17) is 4.74 Å². The lowest BCUT2D eigenvalue weighted by Gasteiger charge is -2.12. The molecule has 0 aliphatic carbocycles. The lowest BCUT2D eigenvalue weighted by atomic mass is 10.1. The molecule has 4 aromatic rings. The van der Waals surface area contributed by atoms with Gasteiger partial charge in [0.15, 0.2) is 0 Å². The van der Waals surface area contributed by atoms with Crippen molar-refractivity contribution in [2.24, 2.45) is 0 Å². The Morgan fingerprint density at radius 1 is 1.14 bits per heavy atom. The molecule has 0 aliphatic rings. The van der Waals surface area contributed by atoms with Crippen LogP contribution < -0.4 is 10.1 Å². The molecule has 29 heavy (non-hydrogen) atoms. The third kappa shape index (κ3) is 4.12. The summed E-state index contributed by atoms with van der Waals surface area (Å²) in [5.74, 6) is 0.478. The van der Waals surface area contributed by atoms with E-state index in [1.54, 1.807) is 25.6 Å². The molecule has 148 valence electrons. The summed E-state index contributed by atoms with van der Waals surface area (Å²) in [6.45, 7) is 3.94. The summed E-state index contributed by atoms with van der Waals surface area (Å²) in [5, 5.41) is 13.3. The Morgan fingerprint density at radius 2 is 1.93 bits per heavy atom. The van der Waals surface area contributed by atoms with E-state index >= 15 is 0 Å². The average Bonchev–Trinajstić information content (AvgIpc) is 3.37. The zero-order valence-corrected chi connectivity index (χ0v) is 17.1. The maximum atomic E-state index is 13.1. The molecule has 0 spiro atoms. The van der Waals surface area contributed by atoms with Crippen molar-refractivity contribution in [2.75, 3.05) is 12.4 Å².